The molecule has 2 rings (SSSR count). The lowest BCUT2D eigenvalue weighted by atomic mass is 10.1. The molecule has 0 radical (unpaired) electrons. The van der Waals surface area contributed by atoms with E-state index in [9.17, 15) is 0 Å². The molecule has 0 aliphatic heterocycles. The highest BCUT2D eigenvalue weighted by molar-refractivity contribution is 6.34. The smallest absolute Gasteiger partial charge is 0.130 e. The van der Waals surface area contributed by atoms with Gasteiger partial charge in [0.2, 0.25) is 0 Å². The molecule has 0 aliphatic carbocycles. The van der Waals surface area contributed by atoms with E-state index in [-0.39, 0.29) is 6.04 Å². The predicted molar refractivity (Wildman–Crippen MR) is 80.6 cm³/mol. The summed E-state index contributed by atoms with van der Waals surface area (Å²) in [7, 11) is 0. The van der Waals surface area contributed by atoms with E-state index in [1.54, 1.807) is 30.3 Å². The van der Waals surface area contributed by atoms with Crippen LogP contribution < -0.4 is 10.5 Å². The van der Waals surface area contributed by atoms with Crippen molar-refractivity contribution in [3.8, 4) is 11.5 Å². The van der Waals surface area contributed by atoms with E-state index in [0.717, 1.165) is 5.56 Å². The van der Waals surface area contributed by atoms with E-state index in [2.05, 4.69) is 0 Å². The Morgan fingerprint density at radius 3 is 2.11 bits per heavy atom. The standard InChI is InChI=1S/C14H12Cl3NO/c1-8(18)13-3-2-11(7-14(13)17)19-12-5-9(15)4-10(16)6-12/h2-8H,18H2,1H3. The zero-order valence-electron chi connectivity index (χ0n) is 10.2. The molecule has 19 heavy (non-hydrogen) atoms. The van der Waals surface area contributed by atoms with Crippen LogP contribution in [-0.2, 0) is 0 Å². The molecule has 0 saturated heterocycles. The first kappa shape index (κ1) is 14.5. The molecule has 0 heterocycles. The lowest BCUT2D eigenvalue weighted by Gasteiger charge is -2.11. The number of hydrogen-bond acceptors (Lipinski definition) is 2. The van der Waals surface area contributed by atoms with Crippen molar-refractivity contribution in [1.29, 1.82) is 0 Å². The van der Waals surface area contributed by atoms with Gasteiger partial charge in [-0.05, 0) is 42.8 Å². The summed E-state index contributed by atoms with van der Waals surface area (Å²) < 4.78 is 5.66. The number of hydrogen-bond donors (Lipinski definition) is 1. The van der Waals surface area contributed by atoms with E-state index < -0.39 is 0 Å². The molecule has 0 aromatic heterocycles. The fraction of sp³-hybridized carbons (Fsp3) is 0.143. The first-order valence-corrected chi connectivity index (χ1v) is 6.78. The van der Waals surface area contributed by atoms with Gasteiger partial charge in [0.15, 0.2) is 0 Å². The number of nitrogens with two attached hydrogens (primary N) is 1. The van der Waals surface area contributed by atoms with E-state index in [1.807, 2.05) is 13.0 Å². The minimum Gasteiger partial charge on any atom is -0.457 e. The van der Waals surface area contributed by atoms with E-state index in [0.29, 0.717) is 26.6 Å². The highest BCUT2D eigenvalue weighted by atomic mass is 35.5. The van der Waals surface area contributed by atoms with Crippen molar-refractivity contribution in [3.63, 3.8) is 0 Å². The van der Waals surface area contributed by atoms with Crippen LogP contribution in [0.4, 0.5) is 0 Å². The van der Waals surface area contributed by atoms with E-state index in [4.69, 9.17) is 45.3 Å². The zero-order chi connectivity index (χ0) is 14.0. The van der Waals surface area contributed by atoms with Crippen LogP contribution in [-0.4, -0.2) is 0 Å². The van der Waals surface area contributed by atoms with Gasteiger partial charge in [0, 0.05) is 21.1 Å². The summed E-state index contributed by atoms with van der Waals surface area (Å²) in [4.78, 5) is 0. The van der Waals surface area contributed by atoms with Crippen molar-refractivity contribution in [2.24, 2.45) is 5.73 Å². The Bertz CT molecular complexity index is 579. The SMILES string of the molecule is CC(N)c1ccc(Oc2cc(Cl)cc(Cl)c2)cc1Cl. The summed E-state index contributed by atoms with van der Waals surface area (Å²) in [5.74, 6) is 1.16. The van der Waals surface area contributed by atoms with Crippen LogP contribution in [0, 0.1) is 0 Å². The number of halogens is 3. The molecule has 0 saturated carbocycles. The van der Waals surface area contributed by atoms with Crippen LogP contribution in [0.2, 0.25) is 15.1 Å². The Kier molecular flexibility index (Phi) is 4.58. The maximum Gasteiger partial charge on any atom is 0.130 e. The van der Waals surface area contributed by atoms with E-state index in [1.165, 1.54) is 0 Å². The van der Waals surface area contributed by atoms with E-state index >= 15 is 0 Å². The molecule has 1 unspecified atom stereocenters. The molecule has 100 valence electrons. The Labute approximate surface area is 127 Å². The van der Waals surface area contributed by atoms with Crippen LogP contribution in [0.3, 0.4) is 0 Å². The van der Waals surface area contributed by atoms with Gasteiger partial charge in [-0.15, -0.1) is 0 Å². The van der Waals surface area contributed by atoms with Gasteiger partial charge >= 0.3 is 0 Å². The molecular weight excluding hydrogens is 305 g/mol. The first-order chi connectivity index (χ1) is 8.95. The highest BCUT2D eigenvalue weighted by Crippen LogP contribution is 2.31. The Morgan fingerprint density at radius 2 is 1.58 bits per heavy atom. The maximum atomic E-state index is 6.14. The second-order valence-corrected chi connectivity index (χ2v) is 5.46. The molecule has 1 atom stereocenters. The first-order valence-electron chi connectivity index (χ1n) is 5.64. The number of ether oxygens (including phenoxy) is 1. The molecule has 2 N–H and O–H groups in total. The fourth-order valence-corrected chi connectivity index (χ4v) is 2.51. The van der Waals surface area contributed by atoms with Crippen LogP contribution >= 0.6 is 34.8 Å². The van der Waals surface area contributed by atoms with Crippen molar-refractivity contribution in [2.45, 2.75) is 13.0 Å². The molecule has 2 aromatic rings. The lowest BCUT2D eigenvalue weighted by molar-refractivity contribution is 0.482. The third-order valence-corrected chi connectivity index (χ3v) is 3.30. The molecule has 2 aromatic carbocycles. The van der Waals surface area contributed by atoms with Gasteiger partial charge in [-0.3, -0.25) is 0 Å². The lowest BCUT2D eigenvalue weighted by Crippen LogP contribution is -2.05. The normalized spacial score (nSPS) is 12.3. The molecule has 2 nitrogen and oxygen atoms in total. The summed E-state index contributed by atoms with van der Waals surface area (Å²) >= 11 is 18.0. The van der Waals surface area contributed by atoms with Crippen LogP contribution in [0.15, 0.2) is 36.4 Å². The third-order valence-electron chi connectivity index (χ3n) is 2.53. The van der Waals surface area contributed by atoms with Crippen molar-refractivity contribution >= 4 is 34.8 Å². The summed E-state index contributed by atoms with van der Waals surface area (Å²) in [5, 5.41) is 1.60. The Morgan fingerprint density at radius 1 is 0.947 bits per heavy atom. The van der Waals surface area contributed by atoms with Gasteiger partial charge in [-0.2, -0.15) is 0 Å². The van der Waals surface area contributed by atoms with Crippen molar-refractivity contribution in [1.82, 2.24) is 0 Å². The Balaban J connectivity index is 2.26. The van der Waals surface area contributed by atoms with Gasteiger partial charge < -0.3 is 10.5 Å². The molecule has 0 bridgehead atoms. The molecule has 0 fully saturated rings. The second-order valence-electron chi connectivity index (χ2n) is 4.18. The van der Waals surface area contributed by atoms with Gasteiger partial charge in [0.1, 0.15) is 11.5 Å². The summed E-state index contributed by atoms with van der Waals surface area (Å²) in [6, 6.07) is 10.2. The fourth-order valence-electron chi connectivity index (χ4n) is 1.66. The minimum absolute atomic E-state index is 0.123. The van der Waals surface area contributed by atoms with Crippen LogP contribution in [0.25, 0.3) is 0 Å². The van der Waals surface area contributed by atoms with Gasteiger partial charge in [-0.25, -0.2) is 0 Å². The van der Waals surface area contributed by atoms with Crippen LogP contribution in [0.5, 0.6) is 11.5 Å². The maximum absolute atomic E-state index is 6.14. The van der Waals surface area contributed by atoms with Gasteiger partial charge in [-0.1, -0.05) is 40.9 Å². The van der Waals surface area contributed by atoms with Crippen molar-refractivity contribution in [3.05, 3.63) is 57.0 Å². The zero-order valence-corrected chi connectivity index (χ0v) is 12.4. The summed E-state index contributed by atoms with van der Waals surface area (Å²) in [5.41, 5.74) is 6.67. The molecule has 0 aliphatic rings. The molecule has 0 amide bonds. The Hall–Kier alpha value is -0.930. The monoisotopic (exact) mass is 315 g/mol. The number of rotatable bonds is 3. The number of benzene rings is 2. The van der Waals surface area contributed by atoms with Crippen molar-refractivity contribution in [2.75, 3.05) is 0 Å². The summed E-state index contributed by atoms with van der Waals surface area (Å²) in [6.07, 6.45) is 0. The predicted octanol–water partition coefficient (Wildman–Crippen LogP) is 5.46. The second kappa shape index (κ2) is 6.02. The molecule has 0 spiro atoms. The average molecular weight is 317 g/mol. The molecule has 5 heteroatoms. The summed E-state index contributed by atoms with van der Waals surface area (Å²) in [6.45, 7) is 1.87. The topological polar surface area (TPSA) is 35.2 Å². The average Bonchev–Trinajstić information content (AvgIpc) is 2.26. The quantitative estimate of drug-likeness (QED) is 0.816. The third kappa shape index (κ3) is 3.77. The minimum atomic E-state index is -0.123. The van der Waals surface area contributed by atoms with Crippen LogP contribution in [0.1, 0.15) is 18.5 Å². The van der Waals surface area contributed by atoms with Gasteiger partial charge in [0.05, 0.1) is 0 Å². The van der Waals surface area contributed by atoms with Gasteiger partial charge in [0.25, 0.3) is 0 Å². The van der Waals surface area contributed by atoms with Crippen molar-refractivity contribution < 1.29 is 4.74 Å². The molecular formula is C14H12Cl3NO. The largest absolute Gasteiger partial charge is 0.457 e. The highest BCUT2D eigenvalue weighted by Gasteiger charge is 2.08.